The van der Waals surface area contributed by atoms with Crippen LogP contribution < -0.4 is 0 Å². The van der Waals surface area contributed by atoms with Gasteiger partial charge in [0.15, 0.2) is 0 Å². The Morgan fingerprint density at radius 3 is 2.48 bits per heavy atom. The van der Waals surface area contributed by atoms with Gasteiger partial charge in [0.05, 0.1) is 23.2 Å². The van der Waals surface area contributed by atoms with Crippen molar-refractivity contribution in [2.24, 2.45) is 0 Å². The Hall–Kier alpha value is -0.960. The first-order valence-corrected chi connectivity index (χ1v) is 11.6. The van der Waals surface area contributed by atoms with Crippen molar-refractivity contribution in [3.63, 3.8) is 0 Å². The van der Waals surface area contributed by atoms with Crippen LogP contribution in [0.1, 0.15) is 50.6 Å². The lowest BCUT2D eigenvalue weighted by Crippen LogP contribution is -2.36. The lowest BCUT2D eigenvalue weighted by molar-refractivity contribution is 0.0381. The van der Waals surface area contributed by atoms with E-state index in [-0.39, 0.29) is 10.4 Å². The van der Waals surface area contributed by atoms with Gasteiger partial charge in [-0.05, 0) is 32.1 Å². The maximum absolute atomic E-state index is 13.1. The molecule has 0 aromatic carbocycles. The van der Waals surface area contributed by atoms with Gasteiger partial charge in [-0.15, -0.1) is 0 Å². The molecule has 0 spiro atoms. The Morgan fingerprint density at radius 1 is 1.15 bits per heavy atom. The number of piperidine rings is 1. The Bertz CT molecular complexity index is 690. The minimum Gasteiger partial charge on any atom is -0.385 e. The molecule has 154 valence electrons. The SMILES string of the molecule is COCCCn1c(CN2CCC(OC)CC2)cnc1S(=O)(=O)C1CCCC1. The molecule has 1 aliphatic carbocycles. The molecule has 1 aromatic rings. The van der Waals surface area contributed by atoms with Gasteiger partial charge in [0.1, 0.15) is 0 Å². The molecule has 2 aliphatic rings. The maximum Gasteiger partial charge on any atom is 0.228 e. The van der Waals surface area contributed by atoms with E-state index in [9.17, 15) is 8.42 Å². The van der Waals surface area contributed by atoms with E-state index < -0.39 is 9.84 Å². The van der Waals surface area contributed by atoms with Crippen molar-refractivity contribution in [1.82, 2.24) is 14.5 Å². The fourth-order valence-corrected chi connectivity index (χ4v) is 6.20. The predicted octanol–water partition coefficient (Wildman–Crippen LogP) is 2.25. The summed E-state index contributed by atoms with van der Waals surface area (Å²) in [6.45, 7) is 3.90. The topological polar surface area (TPSA) is 73.7 Å². The van der Waals surface area contributed by atoms with Crippen molar-refractivity contribution in [3.05, 3.63) is 11.9 Å². The van der Waals surface area contributed by atoms with Crippen molar-refractivity contribution in [1.29, 1.82) is 0 Å². The third kappa shape index (κ3) is 4.91. The first-order valence-electron chi connectivity index (χ1n) is 10.1. The van der Waals surface area contributed by atoms with Gasteiger partial charge in [0, 0.05) is 47.0 Å². The molecule has 7 nitrogen and oxygen atoms in total. The van der Waals surface area contributed by atoms with Crippen LogP contribution in [0.2, 0.25) is 0 Å². The average Bonchev–Trinajstić information content (AvgIpc) is 3.34. The molecule has 1 saturated heterocycles. The first kappa shape index (κ1) is 20.8. The summed E-state index contributed by atoms with van der Waals surface area (Å²) in [5.74, 6) is 0. The number of methoxy groups -OCH3 is 2. The summed E-state index contributed by atoms with van der Waals surface area (Å²) in [5.41, 5.74) is 0.985. The highest BCUT2D eigenvalue weighted by atomic mass is 32.2. The Balaban J connectivity index is 1.78. The molecule has 8 heteroatoms. The van der Waals surface area contributed by atoms with Crippen molar-refractivity contribution in [3.8, 4) is 0 Å². The zero-order chi connectivity index (χ0) is 19.3. The zero-order valence-corrected chi connectivity index (χ0v) is 17.4. The Kier molecular flexibility index (Phi) is 7.30. The molecule has 2 heterocycles. The van der Waals surface area contributed by atoms with E-state index in [0.29, 0.717) is 19.3 Å². The van der Waals surface area contributed by atoms with E-state index in [2.05, 4.69) is 9.88 Å². The van der Waals surface area contributed by atoms with Crippen LogP contribution in [0.25, 0.3) is 0 Å². The molecule has 2 fully saturated rings. The minimum absolute atomic E-state index is 0.257. The molecular weight excluding hydrogens is 366 g/mol. The molecule has 0 radical (unpaired) electrons. The predicted molar refractivity (Wildman–Crippen MR) is 103 cm³/mol. The van der Waals surface area contributed by atoms with Gasteiger partial charge in [-0.3, -0.25) is 4.90 Å². The van der Waals surface area contributed by atoms with Crippen LogP contribution in [0.5, 0.6) is 0 Å². The van der Waals surface area contributed by atoms with Gasteiger partial charge >= 0.3 is 0 Å². The number of rotatable bonds is 9. The van der Waals surface area contributed by atoms with E-state index in [1.807, 2.05) is 4.57 Å². The van der Waals surface area contributed by atoms with Crippen LogP contribution in [0.15, 0.2) is 11.4 Å². The second-order valence-electron chi connectivity index (χ2n) is 7.69. The van der Waals surface area contributed by atoms with Crippen LogP contribution in [-0.2, 0) is 32.4 Å². The average molecular weight is 400 g/mol. The van der Waals surface area contributed by atoms with Crippen LogP contribution in [-0.4, -0.2) is 68.1 Å². The monoisotopic (exact) mass is 399 g/mol. The van der Waals surface area contributed by atoms with Crippen LogP contribution >= 0.6 is 0 Å². The third-order valence-corrected chi connectivity index (χ3v) is 8.06. The fourth-order valence-electron chi connectivity index (χ4n) is 4.23. The number of hydrogen-bond acceptors (Lipinski definition) is 6. The summed E-state index contributed by atoms with van der Waals surface area (Å²) >= 11 is 0. The molecule has 0 N–H and O–H groups in total. The molecule has 27 heavy (non-hydrogen) atoms. The van der Waals surface area contributed by atoms with E-state index in [0.717, 1.165) is 70.3 Å². The van der Waals surface area contributed by atoms with E-state index >= 15 is 0 Å². The first-order chi connectivity index (χ1) is 13.1. The fraction of sp³-hybridized carbons (Fsp3) is 0.842. The van der Waals surface area contributed by atoms with Crippen molar-refractivity contribution in [2.45, 2.75) is 74.5 Å². The Morgan fingerprint density at radius 2 is 1.85 bits per heavy atom. The van der Waals surface area contributed by atoms with Crippen LogP contribution in [0.4, 0.5) is 0 Å². The van der Waals surface area contributed by atoms with Crippen molar-refractivity contribution >= 4 is 9.84 Å². The highest BCUT2D eigenvalue weighted by Crippen LogP contribution is 2.30. The van der Waals surface area contributed by atoms with Crippen LogP contribution in [0, 0.1) is 0 Å². The summed E-state index contributed by atoms with van der Waals surface area (Å²) < 4.78 is 38.8. The number of sulfone groups is 1. The summed E-state index contributed by atoms with van der Waals surface area (Å²) in [6, 6.07) is 0. The molecular formula is C19H33N3O4S. The highest BCUT2D eigenvalue weighted by Gasteiger charge is 2.34. The minimum atomic E-state index is -3.37. The van der Waals surface area contributed by atoms with Gasteiger partial charge in [-0.2, -0.15) is 0 Å². The second kappa shape index (κ2) is 9.49. The Labute approximate surface area is 163 Å². The third-order valence-electron chi connectivity index (χ3n) is 5.88. The number of likely N-dealkylation sites (tertiary alicyclic amines) is 1. The van der Waals surface area contributed by atoms with E-state index in [1.54, 1.807) is 20.4 Å². The van der Waals surface area contributed by atoms with Crippen molar-refractivity contribution in [2.75, 3.05) is 33.9 Å². The number of hydrogen-bond donors (Lipinski definition) is 0. The van der Waals surface area contributed by atoms with Gasteiger partial charge in [0.2, 0.25) is 15.0 Å². The van der Waals surface area contributed by atoms with Gasteiger partial charge < -0.3 is 14.0 Å². The summed E-state index contributed by atoms with van der Waals surface area (Å²) in [7, 11) is 0.0741. The highest BCUT2D eigenvalue weighted by molar-refractivity contribution is 7.91. The lowest BCUT2D eigenvalue weighted by Gasteiger charge is -2.31. The number of imidazole rings is 1. The molecule has 0 bridgehead atoms. The molecule has 1 aliphatic heterocycles. The molecule has 3 rings (SSSR count). The smallest absolute Gasteiger partial charge is 0.228 e. The molecule has 0 atom stereocenters. The summed E-state index contributed by atoms with van der Waals surface area (Å²) in [5, 5.41) is -0.0151. The molecule has 0 unspecified atom stereocenters. The standard InChI is InChI=1S/C19H33N3O4S/c1-25-13-5-10-22-16(15-21-11-8-17(26-2)9-12-21)14-20-19(22)27(23,24)18-6-3-4-7-18/h14,17-18H,3-13,15H2,1-2H3. The van der Waals surface area contributed by atoms with Crippen LogP contribution in [0.3, 0.4) is 0 Å². The largest absolute Gasteiger partial charge is 0.385 e. The van der Waals surface area contributed by atoms with Crippen molar-refractivity contribution < 1.29 is 17.9 Å². The van der Waals surface area contributed by atoms with Gasteiger partial charge in [-0.1, -0.05) is 12.8 Å². The van der Waals surface area contributed by atoms with E-state index in [4.69, 9.17) is 9.47 Å². The number of aromatic nitrogens is 2. The zero-order valence-electron chi connectivity index (χ0n) is 16.6. The van der Waals surface area contributed by atoms with Gasteiger partial charge in [-0.25, -0.2) is 13.4 Å². The summed E-state index contributed by atoms with van der Waals surface area (Å²) in [6.07, 6.45) is 8.41. The van der Waals surface area contributed by atoms with Gasteiger partial charge in [0.25, 0.3) is 0 Å². The number of ether oxygens (including phenoxy) is 2. The summed E-state index contributed by atoms with van der Waals surface area (Å²) in [4.78, 5) is 6.76. The molecule has 1 aromatic heterocycles. The normalized spacial score (nSPS) is 20.5. The lowest BCUT2D eigenvalue weighted by atomic mass is 10.1. The molecule has 0 amide bonds. The molecule has 1 saturated carbocycles. The quantitative estimate of drug-likeness (QED) is 0.593. The number of nitrogens with zero attached hydrogens (tertiary/aromatic N) is 3. The second-order valence-corrected chi connectivity index (χ2v) is 9.81. The maximum atomic E-state index is 13.1. The van der Waals surface area contributed by atoms with E-state index in [1.165, 1.54) is 0 Å².